The summed E-state index contributed by atoms with van der Waals surface area (Å²) in [6.07, 6.45) is 9.16. The summed E-state index contributed by atoms with van der Waals surface area (Å²) >= 11 is 0. The number of nitrogens with zero attached hydrogens (tertiary/aromatic N) is 2. The maximum Gasteiger partial charge on any atom is 0.0629 e. The first kappa shape index (κ1) is 34.9. The topological polar surface area (TPSA) is 8.17 Å². The molecule has 0 saturated carbocycles. The molecule has 290 valence electrons. The van der Waals surface area contributed by atoms with Gasteiger partial charge in [0.15, 0.2) is 0 Å². The van der Waals surface area contributed by atoms with Crippen molar-refractivity contribution in [2.24, 2.45) is 0 Å². The lowest BCUT2D eigenvalue weighted by Gasteiger charge is -2.29. The van der Waals surface area contributed by atoms with Crippen molar-refractivity contribution in [2.75, 3.05) is 4.90 Å². The molecule has 0 saturated heterocycles. The second-order valence-electron chi connectivity index (χ2n) is 16.7. The summed E-state index contributed by atoms with van der Waals surface area (Å²) in [6, 6.07) is 76.7. The van der Waals surface area contributed by atoms with E-state index >= 15 is 0 Å². The summed E-state index contributed by atoms with van der Waals surface area (Å²) in [5.41, 5.74) is 14.7. The van der Waals surface area contributed by atoms with Crippen LogP contribution in [0.25, 0.3) is 93.2 Å². The largest absolute Gasteiger partial charge is 0.333 e. The van der Waals surface area contributed by atoms with Crippen LogP contribution in [0.4, 0.5) is 11.4 Å². The number of allylic oxidation sites excluding steroid dienone is 2. The van der Waals surface area contributed by atoms with Crippen LogP contribution < -0.4 is 4.90 Å². The molecule has 2 nitrogen and oxygen atoms in total. The quantitative estimate of drug-likeness (QED) is 0.158. The van der Waals surface area contributed by atoms with Crippen molar-refractivity contribution in [3.05, 3.63) is 236 Å². The zero-order chi connectivity index (χ0) is 40.7. The number of aromatic nitrogens is 1. The van der Waals surface area contributed by atoms with Crippen LogP contribution in [-0.4, -0.2) is 10.6 Å². The van der Waals surface area contributed by atoms with E-state index in [0.717, 1.165) is 5.69 Å². The Labute approximate surface area is 360 Å². The van der Waals surface area contributed by atoms with Gasteiger partial charge in [0, 0.05) is 33.8 Å². The van der Waals surface area contributed by atoms with E-state index in [-0.39, 0.29) is 6.04 Å². The van der Waals surface area contributed by atoms with Gasteiger partial charge in [-0.15, -0.1) is 0 Å². The summed E-state index contributed by atoms with van der Waals surface area (Å²) in [5, 5.41) is 10.0. The zero-order valence-electron chi connectivity index (χ0n) is 34.0. The Hall–Kier alpha value is -7.94. The van der Waals surface area contributed by atoms with Crippen molar-refractivity contribution in [3.63, 3.8) is 0 Å². The molecule has 11 aromatic rings. The van der Waals surface area contributed by atoms with E-state index in [0.29, 0.717) is 5.92 Å². The fourth-order valence-corrected chi connectivity index (χ4v) is 10.9. The average molecular weight is 789 g/mol. The fourth-order valence-electron chi connectivity index (χ4n) is 10.9. The summed E-state index contributed by atoms with van der Waals surface area (Å²) in [4.78, 5) is 2.57. The van der Waals surface area contributed by atoms with Crippen LogP contribution in [0.1, 0.15) is 11.5 Å². The minimum absolute atomic E-state index is 0.198. The van der Waals surface area contributed by atoms with E-state index in [9.17, 15) is 0 Å². The van der Waals surface area contributed by atoms with Crippen molar-refractivity contribution < 1.29 is 0 Å². The third-order valence-electron chi connectivity index (χ3n) is 13.5. The number of fused-ring (bicyclic) bond motifs is 12. The number of benzene rings is 10. The summed E-state index contributed by atoms with van der Waals surface area (Å²) in [5.74, 6) is 0.300. The smallest absolute Gasteiger partial charge is 0.0629 e. The fraction of sp³-hybridized carbons (Fsp3) is 0.0333. The van der Waals surface area contributed by atoms with Crippen LogP contribution in [0, 0.1) is 0 Å². The molecule has 10 aromatic carbocycles. The molecule has 0 radical (unpaired) electrons. The van der Waals surface area contributed by atoms with E-state index in [2.05, 4.69) is 240 Å². The van der Waals surface area contributed by atoms with Crippen molar-refractivity contribution in [1.82, 2.24) is 4.57 Å². The summed E-state index contributed by atoms with van der Waals surface area (Å²) in [7, 11) is 0. The zero-order valence-corrected chi connectivity index (χ0v) is 34.0. The first-order valence-corrected chi connectivity index (χ1v) is 21.7. The Morgan fingerprint density at radius 2 is 0.887 bits per heavy atom. The first-order chi connectivity index (χ1) is 30.8. The van der Waals surface area contributed by atoms with Gasteiger partial charge in [-0.25, -0.2) is 0 Å². The molecule has 62 heavy (non-hydrogen) atoms. The molecule has 0 N–H and O–H groups in total. The highest BCUT2D eigenvalue weighted by atomic mass is 15.2. The van der Waals surface area contributed by atoms with Crippen LogP contribution in [0.2, 0.25) is 0 Å². The Balaban J connectivity index is 1.21. The van der Waals surface area contributed by atoms with Crippen LogP contribution in [0.3, 0.4) is 0 Å². The molecule has 2 heteroatoms. The molecule has 13 rings (SSSR count). The Kier molecular flexibility index (Phi) is 7.77. The lowest BCUT2D eigenvalue weighted by atomic mass is 9.81. The minimum atomic E-state index is 0.198. The number of hydrogen-bond donors (Lipinski definition) is 0. The Bertz CT molecular complexity index is 3580. The summed E-state index contributed by atoms with van der Waals surface area (Å²) in [6.45, 7) is 0. The van der Waals surface area contributed by atoms with Gasteiger partial charge in [-0.1, -0.05) is 182 Å². The van der Waals surface area contributed by atoms with E-state index < -0.39 is 0 Å². The van der Waals surface area contributed by atoms with Crippen molar-refractivity contribution >= 4 is 65.5 Å². The van der Waals surface area contributed by atoms with E-state index in [1.54, 1.807) is 0 Å². The molecule has 1 aliphatic heterocycles. The minimum Gasteiger partial charge on any atom is -0.333 e. The van der Waals surface area contributed by atoms with Crippen LogP contribution in [0.5, 0.6) is 0 Å². The van der Waals surface area contributed by atoms with Gasteiger partial charge >= 0.3 is 0 Å². The molecule has 0 fully saturated rings. The lowest BCUT2D eigenvalue weighted by molar-refractivity contribution is 0.745. The highest BCUT2D eigenvalue weighted by Crippen LogP contribution is 2.52. The van der Waals surface area contributed by atoms with Gasteiger partial charge in [-0.05, 0) is 120 Å². The van der Waals surface area contributed by atoms with Gasteiger partial charge in [-0.2, -0.15) is 0 Å². The first-order valence-electron chi connectivity index (χ1n) is 21.7. The lowest BCUT2D eigenvalue weighted by Crippen LogP contribution is -2.28. The van der Waals surface area contributed by atoms with Gasteiger partial charge < -0.3 is 9.47 Å². The van der Waals surface area contributed by atoms with Gasteiger partial charge in [0.1, 0.15) is 0 Å². The molecular weight excluding hydrogens is 749 g/mol. The predicted octanol–water partition coefficient (Wildman–Crippen LogP) is 16.0. The molecule has 1 aliphatic carbocycles. The predicted molar refractivity (Wildman–Crippen MR) is 263 cm³/mol. The number of anilines is 2. The van der Waals surface area contributed by atoms with Crippen molar-refractivity contribution in [1.29, 1.82) is 0 Å². The highest BCUT2D eigenvalue weighted by Gasteiger charge is 2.37. The molecular formula is C60H40N2. The monoisotopic (exact) mass is 788 g/mol. The van der Waals surface area contributed by atoms with Gasteiger partial charge in [0.25, 0.3) is 0 Å². The van der Waals surface area contributed by atoms with Crippen LogP contribution in [0.15, 0.2) is 231 Å². The second kappa shape index (κ2) is 13.8. The molecule has 0 spiro atoms. The van der Waals surface area contributed by atoms with Crippen LogP contribution in [-0.2, 0) is 0 Å². The molecule has 0 bridgehead atoms. The molecule has 2 heterocycles. The van der Waals surface area contributed by atoms with Gasteiger partial charge in [0.2, 0.25) is 0 Å². The van der Waals surface area contributed by atoms with E-state index in [1.807, 2.05) is 0 Å². The Morgan fingerprint density at radius 1 is 0.355 bits per heavy atom. The standard InChI is InChI=1S/C60H40N2/c1-4-18-39(19-5-1)50-38-51(40-20-6-2-7-21-40)59-48-34-32-42(61-54-28-14-10-24-44(54)45-25-11-15-29-55(45)61)36-52(48)53-37-43(33-35-49(53)60(59)58(50)41-22-8-3-9-23-41)62-56-30-16-12-26-46(56)47-27-13-17-31-57(47)62/h1-38,46,56H. The molecule has 2 atom stereocenters. The highest BCUT2D eigenvalue weighted by molar-refractivity contribution is 6.33. The maximum atomic E-state index is 2.57. The second-order valence-corrected chi connectivity index (χ2v) is 16.7. The van der Waals surface area contributed by atoms with Gasteiger partial charge in [0.05, 0.1) is 17.1 Å². The molecule has 2 aliphatic rings. The Morgan fingerprint density at radius 3 is 1.58 bits per heavy atom. The van der Waals surface area contributed by atoms with Crippen molar-refractivity contribution in [2.45, 2.75) is 12.0 Å². The average Bonchev–Trinajstić information content (AvgIpc) is 3.87. The SMILES string of the molecule is C1=CC2c3ccccc3N(c3ccc4c(c3)c3cc(-n5c6ccccc6c6ccccc65)ccc3c3c(-c5ccccc5)cc(-c5ccccc5)c(-c5ccccc5)c43)C2C=C1. The number of hydrogen-bond acceptors (Lipinski definition) is 1. The van der Waals surface area contributed by atoms with E-state index in [1.165, 1.54) is 104 Å². The molecule has 0 amide bonds. The van der Waals surface area contributed by atoms with Gasteiger partial charge in [-0.3, -0.25) is 0 Å². The molecule has 1 aromatic heterocycles. The third kappa shape index (κ3) is 5.17. The maximum absolute atomic E-state index is 2.57. The summed E-state index contributed by atoms with van der Waals surface area (Å²) < 4.78 is 2.45. The number of para-hydroxylation sites is 3. The van der Waals surface area contributed by atoms with E-state index in [4.69, 9.17) is 0 Å². The normalized spacial score (nSPS) is 15.6. The number of rotatable bonds is 5. The van der Waals surface area contributed by atoms with Crippen molar-refractivity contribution in [3.8, 4) is 39.1 Å². The third-order valence-corrected chi connectivity index (χ3v) is 13.5. The van der Waals surface area contributed by atoms with Crippen LogP contribution >= 0.6 is 0 Å². The molecule has 2 unspecified atom stereocenters.